The van der Waals surface area contributed by atoms with E-state index >= 15 is 0 Å². The Labute approximate surface area is 121 Å². The molecule has 0 aromatic heterocycles. The van der Waals surface area contributed by atoms with Gasteiger partial charge in [0.2, 0.25) is 0 Å². The molecule has 3 rings (SSSR count). The Morgan fingerprint density at radius 3 is 2.20 bits per heavy atom. The quantitative estimate of drug-likeness (QED) is 0.897. The molecule has 0 amide bonds. The summed E-state index contributed by atoms with van der Waals surface area (Å²) in [7, 11) is 3.42. The van der Waals surface area contributed by atoms with E-state index in [1.54, 1.807) is 14.2 Å². The molecule has 1 saturated carbocycles. The fourth-order valence-electron chi connectivity index (χ4n) is 3.47. The first kappa shape index (κ1) is 13.7. The van der Waals surface area contributed by atoms with Gasteiger partial charge in [0, 0.05) is 18.0 Å². The van der Waals surface area contributed by atoms with Crippen molar-refractivity contribution in [1.29, 1.82) is 0 Å². The van der Waals surface area contributed by atoms with Crippen molar-refractivity contribution in [2.45, 2.75) is 45.1 Å². The van der Waals surface area contributed by atoms with Gasteiger partial charge in [0.1, 0.15) is 0 Å². The van der Waals surface area contributed by atoms with E-state index < -0.39 is 0 Å². The van der Waals surface area contributed by atoms with Gasteiger partial charge in [0.25, 0.3) is 0 Å². The van der Waals surface area contributed by atoms with E-state index in [1.807, 2.05) is 0 Å². The van der Waals surface area contributed by atoms with Crippen molar-refractivity contribution in [2.24, 2.45) is 5.41 Å². The highest BCUT2D eigenvalue weighted by molar-refractivity contribution is 5.54. The Kier molecular flexibility index (Phi) is 3.02. The minimum Gasteiger partial charge on any atom is -0.493 e. The molecule has 0 radical (unpaired) electrons. The smallest absolute Gasteiger partial charge is 0.161 e. The predicted molar refractivity (Wildman–Crippen MR) is 80.7 cm³/mol. The molecule has 1 unspecified atom stereocenters. The van der Waals surface area contributed by atoms with E-state index in [2.05, 4.69) is 38.2 Å². The zero-order valence-corrected chi connectivity index (χ0v) is 13.2. The van der Waals surface area contributed by atoms with Crippen LogP contribution < -0.4 is 14.8 Å². The Bertz CT molecular complexity index is 527. The van der Waals surface area contributed by atoms with Crippen LogP contribution in [-0.4, -0.2) is 20.8 Å². The molecule has 20 heavy (non-hydrogen) atoms. The summed E-state index contributed by atoms with van der Waals surface area (Å²) in [6.45, 7) is 7.94. The summed E-state index contributed by atoms with van der Waals surface area (Å²) in [5.74, 6) is 1.69. The number of hydrogen-bond acceptors (Lipinski definition) is 3. The lowest BCUT2D eigenvalue weighted by atomic mass is 9.74. The third-order valence-electron chi connectivity index (χ3n) is 4.80. The Morgan fingerprint density at radius 1 is 1.10 bits per heavy atom. The standard InChI is InChI=1S/C17H25NO2/c1-16(2,3)15-11-8-13(19-4)14(20-5)9-12(11)17(6-7-17)10-18-15/h8-9,15,18H,6-7,10H2,1-5H3. The minimum atomic E-state index is 0.185. The second kappa shape index (κ2) is 4.39. The minimum absolute atomic E-state index is 0.185. The van der Waals surface area contributed by atoms with Gasteiger partial charge in [-0.05, 0) is 41.5 Å². The first-order chi connectivity index (χ1) is 9.41. The highest BCUT2D eigenvalue weighted by Crippen LogP contribution is 2.56. The molecule has 0 bridgehead atoms. The van der Waals surface area contributed by atoms with Crippen LogP contribution >= 0.6 is 0 Å². The second-order valence-electron chi connectivity index (χ2n) is 7.25. The second-order valence-corrected chi connectivity index (χ2v) is 7.25. The molecule has 1 atom stereocenters. The number of benzene rings is 1. The number of nitrogens with one attached hydrogen (secondary N) is 1. The van der Waals surface area contributed by atoms with E-state index in [9.17, 15) is 0 Å². The van der Waals surface area contributed by atoms with Gasteiger partial charge >= 0.3 is 0 Å². The van der Waals surface area contributed by atoms with Gasteiger partial charge in [0.15, 0.2) is 11.5 Å². The first-order valence-electron chi connectivity index (χ1n) is 7.41. The number of hydrogen-bond donors (Lipinski definition) is 1. The summed E-state index contributed by atoms with van der Waals surface area (Å²) in [6, 6.07) is 4.75. The molecular formula is C17H25NO2. The number of fused-ring (bicyclic) bond motifs is 2. The zero-order chi connectivity index (χ0) is 14.5. The van der Waals surface area contributed by atoms with Gasteiger partial charge in [-0.15, -0.1) is 0 Å². The molecule has 3 nitrogen and oxygen atoms in total. The van der Waals surface area contributed by atoms with E-state index in [0.29, 0.717) is 11.5 Å². The van der Waals surface area contributed by atoms with Crippen LogP contribution in [-0.2, 0) is 5.41 Å². The Morgan fingerprint density at radius 2 is 1.70 bits per heavy atom. The van der Waals surface area contributed by atoms with Gasteiger partial charge in [-0.2, -0.15) is 0 Å². The summed E-state index contributed by atoms with van der Waals surface area (Å²) in [5, 5.41) is 3.76. The van der Waals surface area contributed by atoms with Crippen LogP contribution in [0.3, 0.4) is 0 Å². The monoisotopic (exact) mass is 275 g/mol. The summed E-state index contributed by atoms with van der Waals surface area (Å²) in [5.41, 5.74) is 3.38. The molecule has 1 spiro atoms. The van der Waals surface area contributed by atoms with Crippen molar-refractivity contribution in [3.63, 3.8) is 0 Å². The van der Waals surface area contributed by atoms with E-state index in [4.69, 9.17) is 9.47 Å². The van der Waals surface area contributed by atoms with Crippen LogP contribution in [0, 0.1) is 5.41 Å². The van der Waals surface area contributed by atoms with Crippen molar-refractivity contribution in [3.05, 3.63) is 23.3 Å². The molecule has 1 heterocycles. The Hall–Kier alpha value is -1.22. The summed E-state index contributed by atoms with van der Waals surface area (Å²) < 4.78 is 11.0. The van der Waals surface area contributed by atoms with Gasteiger partial charge < -0.3 is 14.8 Å². The van der Waals surface area contributed by atoms with Crippen molar-refractivity contribution in [1.82, 2.24) is 5.32 Å². The highest BCUT2D eigenvalue weighted by Gasteiger charge is 2.50. The highest BCUT2D eigenvalue weighted by atomic mass is 16.5. The fraction of sp³-hybridized carbons (Fsp3) is 0.647. The molecular weight excluding hydrogens is 250 g/mol. The average Bonchev–Trinajstić information content (AvgIpc) is 3.17. The third kappa shape index (κ3) is 1.99. The lowest BCUT2D eigenvalue weighted by Gasteiger charge is -2.40. The molecule has 0 saturated heterocycles. The maximum atomic E-state index is 5.50. The Balaban J connectivity index is 2.16. The zero-order valence-electron chi connectivity index (χ0n) is 13.2. The van der Waals surface area contributed by atoms with Gasteiger partial charge in [-0.25, -0.2) is 0 Å². The van der Waals surface area contributed by atoms with Crippen molar-refractivity contribution >= 4 is 0 Å². The van der Waals surface area contributed by atoms with E-state index in [1.165, 1.54) is 24.0 Å². The van der Waals surface area contributed by atoms with Crippen LogP contribution in [0.5, 0.6) is 11.5 Å². The molecule has 1 fully saturated rings. The van der Waals surface area contributed by atoms with E-state index in [0.717, 1.165) is 18.0 Å². The van der Waals surface area contributed by atoms with Crippen LogP contribution in [0.15, 0.2) is 12.1 Å². The van der Waals surface area contributed by atoms with Gasteiger partial charge in [0.05, 0.1) is 14.2 Å². The largest absolute Gasteiger partial charge is 0.493 e. The fourth-order valence-corrected chi connectivity index (χ4v) is 3.47. The van der Waals surface area contributed by atoms with E-state index in [-0.39, 0.29) is 5.41 Å². The lowest BCUT2D eigenvalue weighted by molar-refractivity contribution is 0.248. The van der Waals surface area contributed by atoms with Crippen LogP contribution in [0.1, 0.15) is 50.8 Å². The molecule has 1 N–H and O–H groups in total. The summed E-state index contributed by atoms with van der Waals surface area (Å²) in [4.78, 5) is 0. The number of methoxy groups -OCH3 is 2. The van der Waals surface area contributed by atoms with Crippen molar-refractivity contribution in [3.8, 4) is 11.5 Å². The normalized spacial score (nSPS) is 23.4. The van der Waals surface area contributed by atoms with Crippen LogP contribution in [0.2, 0.25) is 0 Å². The number of rotatable bonds is 2. The third-order valence-corrected chi connectivity index (χ3v) is 4.80. The SMILES string of the molecule is COc1cc2c(cc1OC)C1(CC1)CNC2C(C)(C)C. The van der Waals surface area contributed by atoms with Crippen molar-refractivity contribution < 1.29 is 9.47 Å². The first-order valence-corrected chi connectivity index (χ1v) is 7.41. The van der Waals surface area contributed by atoms with Crippen LogP contribution in [0.4, 0.5) is 0 Å². The molecule has 1 aromatic carbocycles. The molecule has 3 heteroatoms. The molecule has 2 aliphatic rings. The van der Waals surface area contributed by atoms with Crippen LogP contribution in [0.25, 0.3) is 0 Å². The summed E-state index contributed by atoms with van der Waals surface area (Å²) in [6.07, 6.45) is 2.55. The maximum Gasteiger partial charge on any atom is 0.161 e. The molecule has 1 aliphatic carbocycles. The lowest BCUT2D eigenvalue weighted by Crippen LogP contribution is -2.42. The van der Waals surface area contributed by atoms with Gasteiger partial charge in [-0.3, -0.25) is 0 Å². The predicted octanol–water partition coefficient (Wildman–Crippen LogP) is 3.43. The molecule has 110 valence electrons. The molecule has 1 aromatic rings. The summed E-state index contributed by atoms with van der Waals surface area (Å²) >= 11 is 0. The topological polar surface area (TPSA) is 30.5 Å². The number of ether oxygens (including phenoxy) is 2. The van der Waals surface area contributed by atoms with Crippen molar-refractivity contribution in [2.75, 3.05) is 20.8 Å². The molecule has 1 aliphatic heterocycles. The maximum absolute atomic E-state index is 5.50. The average molecular weight is 275 g/mol. The van der Waals surface area contributed by atoms with Gasteiger partial charge in [-0.1, -0.05) is 20.8 Å².